The molecule has 0 aromatic heterocycles. The molecule has 0 heterocycles. The van der Waals surface area contributed by atoms with Crippen LogP contribution < -0.4 is 5.32 Å². The molecule has 2 heteroatoms. The molecule has 0 aliphatic heterocycles. The normalized spacial score (nSPS) is 12.1. The molecule has 0 saturated heterocycles. The predicted octanol–water partition coefficient (Wildman–Crippen LogP) is 7.68. The summed E-state index contributed by atoms with van der Waals surface area (Å²) in [5, 5.41) is 2.93. The van der Waals surface area contributed by atoms with Crippen molar-refractivity contribution < 1.29 is 4.79 Å². The average Bonchev–Trinajstić information content (AvgIpc) is 2.76. The van der Waals surface area contributed by atoms with E-state index in [0.29, 0.717) is 0 Å². The van der Waals surface area contributed by atoms with Crippen LogP contribution in [0.25, 0.3) is 0 Å². The molecule has 0 bridgehead atoms. The Balaban J connectivity index is 1.95. The molecule has 1 atom stereocenters. The Morgan fingerprint density at radius 2 is 1.53 bits per heavy atom. The van der Waals surface area contributed by atoms with Gasteiger partial charge >= 0.3 is 0 Å². The van der Waals surface area contributed by atoms with Gasteiger partial charge in [-0.1, -0.05) is 99.6 Å². The Kier molecular flexibility index (Phi) is 16.1. The lowest BCUT2D eigenvalue weighted by atomic mass is 10.1. The first-order chi connectivity index (χ1) is 14.7. The minimum absolute atomic E-state index is 0.0103. The lowest BCUT2D eigenvalue weighted by Crippen LogP contribution is -2.24. The van der Waals surface area contributed by atoms with Gasteiger partial charge in [0.1, 0.15) is 0 Å². The van der Waals surface area contributed by atoms with Gasteiger partial charge in [0.25, 0.3) is 5.91 Å². The van der Waals surface area contributed by atoms with Gasteiger partial charge in [0.05, 0.1) is 6.04 Å². The molecule has 1 N–H and O–H groups in total. The molecule has 0 fully saturated rings. The van der Waals surface area contributed by atoms with E-state index in [0.717, 1.165) is 24.8 Å². The van der Waals surface area contributed by atoms with Crippen LogP contribution in [0.15, 0.2) is 54.6 Å². The standard InChI is InChI=1S/C28H41NO/c1-3-4-5-6-7-8-9-10-11-12-13-14-15-16-17-18-22-25-28(30)29-26(2)27-23-20-19-21-24-27/h7-8,10-11,19-21,23-24,26H,3-6,9,12-18H2,1-2H3,(H,29,30)/b8-7-,11-10-. The highest BCUT2D eigenvalue weighted by Gasteiger charge is 2.06. The van der Waals surface area contributed by atoms with Crippen molar-refractivity contribution in [2.75, 3.05) is 0 Å². The third-order valence-corrected chi connectivity index (χ3v) is 5.10. The molecule has 1 aromatic carbocycles. The van der Waals surface area contributed by atoms with Gasteiger partial charge < -0.3 is 5.32 Å². The topological polar surface area (TPSA) is 29.1 Å². The van der Waals surface area contributed by atoms with Crippen LogP contribution in [0.4, 0.5) is 0 Å². The third-order valence-electron chi connectivity index (χ3n) is 5.10. The maximum atomic E-state index is 11.9. The van der Waals surface area contributed by atoms with E-state index in [1.807, 2.05) is 37.3 Å². The Morgan fingerprint density at radius 3 is 2.23 bits per heavy atom. The van der Waals surface area contributed by atoms with Crippen LogP contribution in [0.3, 0.4) is 0 Å². The van der Waals surface area contributed by atoms with E-state index in [4.69, 9.17) is 0 Å². The molecule has 2 nitrogen and oxygen atoms in total. The molecule has 0 saturated carbocycles. The summed E-state index contributed by atoms with van der Waals surface area (Å²) in [4.78, 5) is 11.9. The second-order valence-electron chi connectivity index (χ2n) is 7.89. The number of carbonyl (C=O) groups excluding carboxylic acids is 1. The minimum Gasteiger partial charge on any atom is -0.339 e. The summed E-state index contributed by atoms with van der Waals surface area (Å²) in [6.45, 7) is 4.23. The van der Waals surface area contributed by atoms with E-state index in [1.54, 1.807) is 0 Å². The van der Waals surface area contributed by atoms with Crippen molar-refractivity contribution in [3.63, 3.8) is 0 Å². The summed E-state index contributed by atoms with van der Waals surface area (Å²) in [5.74, 6) is 5.54. The molecule has 164 valence electrons. The number of carbonyl (C=O) groups is 1. The molecule has 30 heavy (non-hydrogen) atoms. The van der Waals surface area contributed by atoms with Crippen LogP contribution in [0, 0.1) is 11.8 Å². The van der Waals surface area contributed by atoms with Crippen molar-refractivity contribution in [3.8, 4) is 11.8 Å². The molecule has 0 aliphatic rings. The number of benzene rings is 1. The highest BCUT2D eigenvalue weighted by molar-refractivity contribution is 5.93. The lowest BCUT2D eigenvalue weighted by Gasteiger charge is -2.11. The first-order valence-electron chi connectivity index (χ1n) is 11.9. The number of hydrogen-bond acceptors (Lipinski definition) is 1. The number of rotatable bonds is 15. The second kappa shape index (κ2) is 18.7. The fraction of sp³-hybridized carbons (Fsp3) is 0.536. The molecule has 1 rings (SSSR count). The number of hydrogen-bond donors (Lipinski definition) is 1. The maximum absolute atomic E-state index is 11.9. The zero-order valence-electron chi connectivity index (χ0n) is 19.2. The monoisotopic (exact) mass is 407 g/mol. The fourth-order valence-corrected chi connectivity index (χ4v) is 3.23. The van der Waals surface area contributed by atoms with Gasteiger partial charge in [0.15, 0.2) is 0 Å². The molecule has 0 aliphatic carbocycles. The van der Waals surface area contributed by atoms with Gasteiger partial charge in [-0.3, -0.25) is 4.79 Å². The summed E-state index contributed by atoms with van der Waals surface area (Å²) in [6, 6.07) is 9.95. The first-order valence-corrected chi connectivity index (χ1v) is 11.9. The van der Waals surface area contributed by atoms with Gasteiger partial charge in [-0.25, -0.2) is 0 Å². The number of nitrogens with one attached hydrogen (secondary N) is 1. The largest absolute Gasteiger partial charge is 0.339 e. The van der Waals surface area contributed by atoms with Crippen LogP contribution >= 0.6 is 0 Å². The fourth-order valence-electron chi connectivity index (χ4n) is 3.23. The van der Waals surface area contributed by atoms with Crippen LogP contribution in [0.1, 0.15) is 103 Å². The molecule has 1 amide bonds. The second-order valence-corrected chi connectivity index (χ2v) is 7.89. The van der Waals surface area contributed by atoms with Crippen molar-refractivity contribution in [3.05, 3.63) is 60.2 Å². The van der Waals surface area contributed by atoms with E-state index < -0.39 is 0 Å². The maximum Gasteiger partial charge on any atom is 0.296 e. The predicted molar refractivity (Wildman–Crippen MR) is 130 cm³/mol. The Morgan fingerprint density at radius 1 is 0.900 bits per heavy atom. The molecule has 1 aromatic rings. The summed E-state index contributed by atoms with van der Waals surface area (Å²) in [5.41, 5.74) is 1.10. The third kappa shape index (κ3) is 14.7. The Labute approximate surface area is 185 Å². The number of amides is 1. The van der Waals surface area contributed by atoms with Crippen LogP contribution in [0.2, 0.25) is 0 Å². The van der Waals surface area contributed by atoms with Crippen molar-refractivity contribution in [2.24, 2.45) is 0 Å². The summed E-state index contributed by atoms with van der Waals surface area (Å²) >= 11 is 0. The number of unbranched alkanes of at least 4 members (excludes halogenated alkanes) is 9. The first kappa shape index (κ1) is 25.8. The summed E-state index contributed by atoms with van der Waals surface area (Å²) in [7, 11) is 0. The highest BCUT2D eigenvalue weighted by Crippen LogP contribution is 2.11. The highest BCUT2D eigenvalue weighted by atomic mass is 16.1. The zero-order valence-corrected chi connectivity index (χ0v) is 19.2. The van der Waals surface area contributed by atoms with Gasteiger partial charge in [-0.2, -0.15) is 0 Å². The number of allylic oxidation sites excluding steroid dienone is 4. The Bertz CT molecular complexity index is 663. The molecular formula is C28H41NO. The van der Waals surface area contributed by atoms with Gasteiger partial charge in [0.2, 0.25) is 0 Å². The summed E-state index contributed by atoms with van der Waals surface area (Å²) < 4.78 is 0. The molecule has 0 radical (unpaired) electrons. The van der Waals surface area contributed by atoms with E-state index in [1.165, 1.54) is 57.8 Å². The van der Waals surface area contributed by atoms with Gasteiger partial charge in [0, 0.05) is 6.42 Å². The quantitative estimate of drug-likeness (QED) is 0.180. The average molecular weight is 408 g/mol. The van der Waals surface area contributed by atoms with Crippen molar-refractivity contribution in [2.45, 2.75) is 96.9 Å². The van der Waals surface area contributed by atoms with E-state index in [2.05, 4.69) is 48.4 Å². The smallest absolute Gasteiger partial charge is 0.296 e. The molecule has 0 spiro atoms. The minimum atomic E-state index is -0.186. The van der Waals surface area contributed by atoms with E-state index in [9.17, 15) is 4.79 Å². The van der Waals surface area contributed by atoms with Crippen LogP contribution in [-0.2, 0) is 4.79 Å². The van der Waals surface area contributed by atoms with Crippen molar-refractivity contribution >= 4 is 5.91 Å². The lowest BCUT2D eigenvalue weighted by molar-refractivity contribution is -0.116. The van der Waals surface area contributed by atoms with E-state index >= 15 is 0 Å². The zero-order chi connectivity index (χ0) is 21.7. The summed E-state index contributed by atoms with van der Waals surface area (Å²) in [6.07, 6.45) is 23.5. The Hall–Kier alpha value is -2.27. The van der Waals surface area contributed by atoms with Crippen LogP contribution in [-0.4, -0.2) is 5.91 Å². The van der Waals surface area contributed by atoms with E-state index in [-0.39, 0.29) is 11.9 Å². The molecular weight excluding hydrogens is 366 g/mol. The van der Waals surface area contributed by atoms with Gasteiger partial charge in [-0.15, -0.1) is 0 Å². The van der Waals surface area contributed by atoms with Gasteiger partial charge in [-0.05, 0) is 56.9 Å². The SMILES string of the molecule is CCCCC/C=C\C/C=C\CCCCCCCC#CC(=O)NC(C)c1ccccc1. The van der Waals surface area contributed by atoms with Crippen molar-refractivity contribution in [1.82, 2.24) is 5.32 Å². The molecule has 1 unspecified atom stereocenters. The van der Waals surface area contributed by atoms with Crippen LogP contribution in [0.5, 0.6) is 0 Å². The van der Waals surface area contributed by atoms with Crippen molar-refractivity contribution in [1.29, 1.82) is 0 Å².